The van der Waals surface area contributed by atoms with Crippen molar-refractivity contribution in [3.05, 3.63) is 53.5 Å². The number of hydrogen-bond acceptors (Lipinski definition) is 3. The molecule has 1 aromatic carbocycles. The number of benzene rings is 1. The van der Waals surface area contributed by atoms with Gasteiger partial charge in [-0.2, -0.15) is 0 Å². The van der Waals surface area contributed by atoms with Crippen LogP contribution >= 0.6 is 0 Å². The number of nitrogens with zero attached hydrogens (tertiary/aromatic N) is 1. The topological polar surface area (TPSA) is 70.9 Å². The van der Waals surface area contributed by atoms with E-state index in [-0.39, 0.29) is 5.91 Å². The summed E-state index contributed by atoms with van der Waals surface area (Å²) in [7, 11) is 0. The lowest BCUT2D eigenvalue weighted by Gasteiger charge is -2.03. The minimum absolute atomic E-state index is 0.0432. The lowest BCUT2D eigenvalue weighted by molar-refractivity contribution is -0.121. The fourth-order valence-electron chi connectivity index (χ4n) is 3.01. The van der Waals surface area contributed by atoms with Crippen LogP contribution in [0.1, 0.15) is 43.7 Å². The van der Waals surface area contributed by atoms with E-state index in [1.807, 2.05) is 24.4 Å². The lowest BCUT2D eigenvalue weighted by atomic mass is 10.1. The van der Waals surface area contributed by atoms with Crippen LogP contribution in [-0.2, 0) is 24.2 Å². The maximum atomic E-state index is 12.0. The molecule has 2 aromatic heterocycles. The average molecular weight is 339 g/mol. The second-order valence-electron chi connectivity index (χ2n) is 6.87. The summed E-state index contributed by atoms with van der Waals surface area (Å²) in [5.41, 5.74) is 3.35. The number of aromatic amines is 1. The zero-order valence-corrected chi connectivity index (χ0v) is 14.8. The molecule has 0 aliphatic heterocycles. The molecule has 0 unspecified atom stereocenters. The molecule has 0 saturated heterocycles. The minimum Gasteiger partial charge on any atom is -0.361 e. The number of fused-ring (bicyclic) bond motifs is 1. The van der Waals surface area contributed by atoms with E-state index in [0.29, 0.717) is 24.6 Å². The first-order valence-corrected chi connectivity index (χ1v) is 8.88. The molecular weight excluding hydrogens is 314 g/mol. The fraction of sp³-hybridized carbons (Fsp3) is 0.400. The number of aromatic nitrogens is 2. The highest BCUT2D eigenvalue weighted by molar-refractivity contribution is 5.83. The molecule has 0 fully saturated rings. The summed E-state index contributed by atoms with van der Waals surface area (Å²) in [4.78, 5) is 15.3. The van der Waals surface area contributed by atoms with Crippen molar-refractivity contribution in [2.45, 2.75) is 46.1 Å². The van der Waals surface area contributed by atoms with Crippen molar-refractivity contribution >= 4 is 16.8 Å². The van der Waals surface area contributed by atoms with Crippen LogP contribution < -0.4 is 5.32 Å². The van der Waals surface area contributed by atoms with E-state index < -0.39 is 0 Å². The Morgan fingerprint density at radius 3 is 3.00 bits per heavy atom. The van der Waals surface area contributed by atoms with E-state index in [1.54, 1.807) is 0 Å². The Hall–Kier alpha value is -2.56. The summed E-state index contributed by atoms with van der Waals surface area (Å²) in [5.74, 6) is 1.29. The second-order valence-corrected chi connectivity index (χ2v) is 6.87. The van der Waals surface area contributed by atoms with Crippen LogP contribution in [0.2, 0.25) is 0 Å². The van der Waals surface area contributed by atoms with E-state index in [1.165, 1.54) is 10.9 Å². The molecule has 0 saturated carbocycles. The highest BCUT2D eigenvalue weighted by Crippen LogP contribution is 2.19. The van der Waals surface area contributed by atoms with Crippen molar-refractivity contribution in [2.75, 3.05) is 0 Å². The maximum Gasteiger partial charge on any atom is 0.220 e. The Bertz CT molecular complexity index is 832. The number of para-hydroxylation sites is 1. The van der Waals surface area contributed by atoms with Crippen LogP contribution in [0.4, 0.5) is 0 Å². The zero-order chi connectivity index (χ0) is 17.6. The summed E-state index contributed by atoms with van der Waals surface area (Å²) in [6.07, 6.45) is 5.14. The molecule has 3 aromatic rings. The Labute approximate surface area is 147 Å². The lowest BCUT2D eigenvalue weighted by Crippen LogP contribution is -2.22. The summed E-state index contributed by atoms with van der Waals surface area (Å²) in [6, 6.07) is 10.2. The van der Waals surface area contributed by atoms with Gasteiger partial charge in [-0.05, 0) is 36.8 Å². The van der Waals surface area contributed by atoms with Crippen LogP contribution in [-0.4, -0.2) is 16.0 Å². The van der Waals surface area contributed by atoms with E-state index in [9.17, 15) is 4.79 Å². The van der Waals surface area contributed by atoms with Crippen molar-refractivity contribution < 1.29 is 9.32 Å². The van der Waals surface area contributed by atoms with Gasteiger partial charge in [-0.3, -0.25) is 4.79 Å². The normalized spacial score (nSPS) is 11.3. The first-order valence-electron chi connectivity index (χ1n) is 8.88. The molecule has 25 heavy (non-hydrogen) atoms. The van der Waals surface area contributed by atoms with E-state index in [0.717, 1.165) is 30.5 Å². The van der Waals surface area contributed by atoms with Crippen molar-refractivity contribution in [1.82, 2.24) is 15.5 Å². The van der Waals surface area contributed by atoms with Crippen molar-refractivity contribution in [3.8, 4) is 0 Å². The number of carbonyl (C=O) groups excluding carboxylic acids is 1. The van der Waals surface area contributed by atoms with E-state index in [2.05, 4.69) is 41.4 Å². The predicted molar refractivity (Wildman–Crippen MR) is 98.1 cm³/mol. The van der Waals surface area contributed by atoms with Crippen molar-refractivity contribution in [1.29, 1.82) is 0 Å². The molecule has 3 rings (SSSR count). The number of rotatable bonds is 8. The van der Waals surface area contributed by atoms with Gasteiger partial charge in [0.2, 0.25) is 5.91 Å². The first-order chi connectivity index (χ1) is 12.1. The molecule has 0 radical (unpaired) electrons. The molecule has 2 N–H and O–H groups in total. The number of carbonyl (C=O) groups is 1. The third-order valence-electron chi connectivity index (χ3n) is 4.21. The standard InChI is InChI=1S/C20H25N3O2/c1-14(2)10-16-11-17(25-23-16)13-22-20(24)9-5-6-15-12-21-19-8-4-3-7-18(15)19/h3-4,7-8,11-12,14,21H,5-6,9-10,13H2,1-2H3,(H,22,24). The Kier molecular flexibility index (Phi) is 5.53. The number of amides is 1. The van der Waals surface area contributed by atoms with Gasteiger partial charge in [-0.1, -0.05) is 37.2 Å². The zero-order valence-electron chi connectivity index (χ0n) is 14.8. The quantitative estimate of drug-likeness (QED) is 0.652. The van der Waals surface area contributed by atoms with Gasteiger partial charge in [0.25, 0.3) is 0 Å². The van der Waals surface area contributed by atoms with Gasteiger partial charge in [-0.15, -0.1) is 0 Å². The maximum absolute atomic E-state index is 12.0. The molecule has 5 heteroatoms. The molecule has 1 amide bonds. The SMILES string of the molecule is CC(C)Cc1cc(CNC(=O)CCCc2c[nH]c3ccccc23)on1. The summed E-state index contributed by atoms with van der Waals surface area (Å²) in [6.45, 7) is 4.69. The molecule has 0 atom stereocenters. The molecule has 0 aliphatic carbocycles. The van der Waals surface area contributed by atoms with Crippen LogP contribution in [0.5, 0.6) is 0 Å². The highest BCUT2D eigenvalue weighted by Gasteiger charge is 2.09. The first kappa shape index (κ1) is 17.3. The third kappa shape index (κ3) is 4.72. The highest BCUT2D eigenvalue weighted by atomic mass is 16.5. The smallest absolute Gasteiger partial charge is 0.220 e. The predicted octanol–water partition coefficient (Wildman–Crippen LogP) is 3.99. The molecule has 0 spiro atoms. The molecule has 0 aliphatic rings. The fourth-order valence-corrected chi connectivity index (χ4v) is 3.01. The Balaban J connectivity index is 1.41. The number of aryl methyl sites for hydroxylation is 1. The van der Waals surface area contributed by atoms with Crippen LogP contribution in [0, 0.1) is 5.92 Å². The van der Waals surface area contributed by atoms with Gasteiger partial charge in [0.1, 0.15) is 0 Å². The van der Waals surface area contributed by atoms with Crippen molar-refractivity contribution in [2.24, 2.45) is 5.92 Å². The van der Waals surface area contributed by atoms with Gasteiger partial charge in [0.15, 0.2) is 5.76 Å². The summed E-state index contributed by atoms with van der Waals surface area (Å²) >= 11 is 0. The molecular formula is C20H25N3O2. The molecule has 132 valence electrons. The monoisotopic (exact) mass is 339 g/mol. The number of hydrogen-bond donors (Lipinski definition) is 2. The van der Waals surface area contributed by atoms with Gasteiger partial charge >= 0.3 is 0 Å². The van der Waals surface area contributed by atoms with Gasteiger partial charge in [0, 0.05) is 29.6 Å². The number of H-pyrrole nitrogens is 1. The summed E-state index contributed by atoms with van der Waals surface area (Å²) in [5, 5.41) is 8.17. The van der Waals surface area contributed by atoms with Gasteiger partial charge in [0.05, 0.1) is 12.2 Å². The van der Waals surface area contributed by atoms with Gasteiger partial charge in [-0.25, -0.2) is 0 Å². The Morgan fingerprint density at radius 2 is 2.16 bits per heavy atom. The average Bonchev–Trinajstić information content (AvgIpc) is 3.20. The largest absolute Gasteiger partial charge is 0.361 e. The molecule has 5 nitrogen and oxygen atoms in total. The van der Waals surface area contributed by atoms with Gasteiger partial charge < -0.3 is 14.8 Å². The second kappa shape index (κ2) is 8.01. The third-order valence-corrected chi connectivity index (χ3v) is 4.21. The molecule has 2 heterocycles. The number of nitrogens with one attached hydrogen (secondary N) is 2. The van der Waals surface area contributed by atoms with Crippen LogP contribution in [0.15, 0.2) is 41.1 Å². The van der Waals surface area contributed by atoms with E-state index in [4.69, 9.17) is 4.52 Å². The summed E-state index contributed by atoms with van der Waals surface area (Å²) < 4.78 is 5.26. The minimum atomic E-state index is 0.0432. The Morgan fingerprint density at radius 1 is 1.32 bits per heavy atom. The van der Waals surface area contributed by atoms with E-state index >= 15 is 0 Å². The molecule has 0 bridgehead atoms. The van der Waals surface area contributed by atoms with Crippen LogP contribution in [0.25, 0.3) is 10.9 Å². The van der Waals surface area contributed by atoms with Crippen LogP contribution in [0.3, 0.4) is 0 Å². The van der Waals surface area contributed by atoms with Crippen molar-refractivity contribution in [3.63, 3.8) is 0 Å².